The summed E-state index contributed by atoms with van der Waals surface area (Å²) in [6, 6.07) is 1.65. The van der Waals surface area contributed by atoms with Gasteiger partial charge in [0.25, 0.3) is 5.91 Å². The summed E-state index contributed by atoms with van der Waals surface area (Å²) in [7, 11) is 0. The lowest BCUT2D eigenvalue weighted by atomic mass is 10.1. The third-order valence-electron chi connectivity index (χ3n) is 4.13. The Balaban J connectivity index is 1.64. The van der Waals surface area contributed by atoms with Gasteiger partial charge in [0.15, 0.2) is 10.8 Å². The molecule has 0 saturated carbocycles. The number of carbonyl (C=O) groups excluding carboxylic acids is 1. The number of thiazole rings is 1. The molecule has 0 aliphatic carbocycles. The topological polar surface area (TPSA) is 85.6 Å². The van der Waals surface area contributed by atoms with Crippen molar-refractivity contribution >= 4 is 28.1 Å². The molecular weight excluding hydrogens is 386 g/mol. The van der Waals surface area contributed by atoms with Gasteiger partial charge in [0, 0.05) is 42.0 Å². The normalized spacial score (nSPS) is 11.3. The van der Waals surface area contributed by atoms with Crippen LogP contribution in [0.1, 0.15) is 21.6 Å². The van der Waals surface area contributed by atoms with Gasteiger partial charge in [0.05, 0.1) is 23.0 Å². The van der Waals surface area contributed by atoms with E-state index in [9.17, 15) is 13.6 Å². The highest BCUT2D eigenvalue weighted by molar-refractivity contribution is 7.12. The Kier molecular flexibility index (Phi) is 4.78. The molecule has 0 atom stereocenters. The SMILES string of the molecule is Cc1nc(-c2nccs2)ncc1C(=O)Nn1cc(CC(F)F)c2ccncc21. The molecule has 0 unspecified atom stereocenters. The maximum absolute atomic E-state index is 12.9. The number of alkyl halides is 2. The van der Waals surface area contributed by atoms with Crippen LogP contribution in [0, 0.1) is 6.92 Å². The van der Waals surface area contributed by atoms with Crippen LogP contribution in [0.5, 0.6) is 0 Å². The van der Waals surface area contributed by atoms with Gasteiger partial charge >= 0.3 is 0 Å². The van der Waals surface area contributed by atoms with Crippen LogP contribution in [0.15, 0.2) is 42.4 Å². The number of nitrogens with one attached hydrogen (secondary N) is 1. The van der Waals surface area contributed by atoms with E-state index in [0.29, 0.717) is 33.0 Å². The van der Waals surface area contributed by atoms with Gasteiger partial charge in [-0.25, -0.2) is 23.7 Å². The third-order valence-corrected chi connectivity index (χ3v) is 4.90. The van der Waals surface area contributed by atoms with Crippen LogP contribution in [-0.4, -0.2) is 36.9 Å². The minimum atomic E-state index is -2.49. The first-order valence-corrected chi connectivity index (χ1v) is 9.18. The number of nitrogens with zero attached hydrogens (tertiary/aromatic N) is 5. The average Bonchev–Trinajstić information content (AvgIpc) is 3.31. The van der Waals surface area contributed by atoms with Crippen LogP contribution in [0.2, 0.25) is 0 Å². The van der Waals surface area contributed by atoms with Gasteiger partial charge < -0.3 is 0 Å². The summed E-state index contributed by atoms with van der Waals surface area (Å²) in [5.74, 6) is -0.00794. The van der Waals surface area contributed by atoms with E-state index in [1.54, 1.807) is 19.2 Å². The number of halogens is 2. The van der Waals surface area contributed by atoms with Crippen molar-refractivity contribution in [3.63, 3.8) is 0 Å². The minimum absolute atomic E-state index is 0.279. The number of rotatable bonds is 5. The zero-order valence-corrected chi connectivity index (χ0v) is 15.5. The molecular formula is C18H14F2N6OS. The van der Waals surface area contributed by atoms with Crippen LogP contribution < -0.4 is 5.43 Å². The first-order chi connectivity index (χ1) is 13.5. The van der Waals surface area contributed by atoms with Gasteiger partial charge in [-0.15, -0.1) is 11.3 Å². The summed E-state index contributed by atoms with van der Waals surface area (Å²) < 4.78 is 27.1. The van der Waals surface area contributed by atoms with Crippen LogP contribution in [0.25, 0.3) is 21.7 Å². The molecule has 4 aromatic heterocycles. The zero-order valence-electron chi connectivity index (χ0n) is 14.6. The highest BCUT2D eigenvalue weighted by Gasteiger charge is 2.17. The van der Waals surface area contributed by atoms with E-state index in [2.05, 4.69) is 25.4 Å². The molecule has 0 aliphatic heterocycles. The van der Waals surface area contributed by atoms with Gasteiger partial charge in [0.2, 0.25) is 6.43 Å². The highest BCUT2D eigenvalue weighted by atomic mass is 32.1. The van der Waals surface area contributed by atoms with E-state index in [0.717, 1.165) is 0 Å². The van der Waals surface area contributed by atoms with Crippen molar-refractivity contribution in [1.29, 1.82) is 0 Å². The molecule has 1 amide bonds. The smallest absolute Gasteiger partial charge is 0.267 e. The Labute approximate surface area is 162 Å². The molecule has 7 nitrogen and oxygen atoms in total. The fourth-order valence-corrected chi connectivity index (χ4v) is 3.44. The summed E-state index contributed by atoms with van der Waals surface area (Å²) in [6.45, 7) is 1.70. The number of aromatic nitrogens is 5. The summed E-state index contributed by atoms with van der Waals surface area (Å²) in [4.78, 5) is 29.4. The van der Waals surface area contributed by atoms with Gasteiger partial charge in [-0.2, -0.15) is 0 Å². The van der Waals surface area contributed by atoms with Crippen molar-refractivity contribution in [2.45, 2.75) is 19.8 Å². The maximum Gasteiger partial charge on any atom is 0.273 e. The monoisotopic (exact) mass is 400 g/mol. The Hall–Kier alpha value is -3.27. The summed E-state index contributed by atoms with van der Waals surface area (Å²) in [6.07, 6.45) is 4.71. The number of hydrogen-bond donors (Lipinski definition) is 1. The van der Waals surface area contributed by atoms with Gasteiger partial charge in [-0.05, 0) is 18.6 Å². The van der Waals surface area contributed by atoms with Crippen molar-refractivity contribution in [2.24, 2.45) is 0 Å². The standard InChI is InChI=1S/C18H14F2N6OS/c1-10-13(7-23-16(24-10)18-22-4-5-28-18)17(27)25-26-9-11(6-15(19)20)12-2-3-21-8-14(12)26/h2-5,7-9,15H,6H2,1H3,(H,25,27). The summed E-state index contributed by atoms with van der Waals surface area (Å²) in [5.41, 5.74) is 4.42. The minimum Gasteiger partial charge on any atom is -0.267 e. The van der Waals surface area contributed by atoms with Crippen molar-refractivity contribution in [3.8, 4) is 10.8 Å². The fourth-order valence-electron chi connectivity index (χ4n) is 2.86. The molecule has 1 N–H and O–H groups in total. The number of hydrogen-bond acceptors (Lipinski definition) is 6. The summed E-state index contributed by atoms with van der Waals surface area (Å²) in [5, 5.41) is 3.09. The fraction of sp³-hybridized carbons (Fsp3) is 0.167. The second-order valence-corrected chi connectivity index (χ2v) is 6.88. The maximum atomic E-state index is 12.9. The number of fused-ring (bicyclic) bond motifs is 1. The molecule has 0 aliphatic rings. The Morgan fingerprint density at radius 1 is 1.29 bits per heavy atom. The van der Waals surface area contributed by atoms with E-state index in [1.165, 1.54) is 40.8 Å². The molecule has 4 rings (SSSR count). The van der Waals surface area contributed by atoms with E-state index >= 15 is 0 Å². The molecule has 4 aromatic rings. The van der Waals surface area contributed by atoms with Crippen molar-refractivity contribution in [3.05, 3.63) is 59.3 Å². The largest absolute Gasteiger partial charge is 0.273 e. The molecule has 0 spiro atoms. The van der Waals surface area contributed by atoms with Crippen LogP contribution in [-0.2, 0) is 6.42 Å². The van der Waals surface area contributed by atoms with Crippen LogP contribution in [0.4, 0.5) is 8.78 Å². The van der Waals surface area contributed by atoms with Crippen molar-refractivity contribution in [1.82, 2.24) is 24.6 Å². The predicted octanol–water partition coefficient (Wildman–Crippen LogP) is 3.45. The highest BCUT2D eigenvalue weighted by Crippen LogP contribution is 2.23. The average molecular weight is 400 g/mol. The third kappa shape index (κ3) is 3.46. The number of amides is 1. The molecule has 0 bridgehead atoms. The Morgan fingerprint density at radius 3 is 2.86 bits per heavy atom. The second kappa shape index (κ2) is 7.39. The molecule has 4 heterocycles. The van der Waals surface area contributed by atoms with Crippen LogP contribution >= 0.6 is 11.3 Å². The van der Waals surface area contributed by atoms with Gasteiger partial charge in [0.1, 0.15) is 0 Å². The van der Waals surface area contributed by atoms with Crippen molar-refractivity contribution in [2.75, 3.05) is 5.43 Å². The quantitative estimate of drug-likeness (QED) is 0.555. The molecule has 0 aromatic carbocycles. The number of aryl methyl sites for hydroxylation is 1. The lowest BCUT2D eigenvalue weighted by molar-refractivity contribution is 0.101. The second-order valence-electron chi connectivity index (χ2n) is 5.98. The van der Waals surface area contributed by atoms with Gasteiger partial charge in [-0.3, -0.25) is 19.9 Å². The zero-order chi connectivity index (χ0) is 19.7. The van der Waals surface area contributed by atoms with E-state index < -0.39 is 18.8 Å². The number of carbonyl (C=O) groups is 1. The first-order valence-electron chi connectivity index (χ1n) is 8.30. The number of pyridine rings is 1. The Morgan fingerprint density at radius 2 is 2.14 bits per heavy atom. The lowest BCUT2D eigenvalue weighted by Gasteiger charge is -2.09. The van der Waals surface area contributed by atoms with E-state index in [-0.39, 0.29) is 5.56 Å². The molecule has 10 heteroatoms. The van der Waals surface area contributed by atoms with E-state index in [4.69, 9.17) is 0 Å². The van der Waals surface area contributed by atoms with E-state index in [1.807, 2.05) is 5.38 Å². The lowest BCUT2D eigenvalue weighted by Crippen LogP contribution is -2.23. The first kappa shape index (κ1) is 18.1. The predicted molar refractivity (Wildman–Crippen MR) is 101 cm³/mol. The molecule has 0 saturated heterocycles. The molecule has 0 fully saturated rings. The molecule has 0 radical (unpaired) electrons. The Bertz CT molecular complexity index is 1140. The van der Waals surface area contributed by atoms with Crippen LogP contribution in [0.3, 0.4) is 0 Å². The summed E-state index contributed by atoms with van der Waals surface area (Å²) >= 11 is 1.40. The van der Waals surface area contributed by atoms with Gasteiger partial charge in [-0.1, -0.05) is 0 Å². The van der Waals surface area contributed by atoms with Crippen molar-refractivity contribution < 1.29 is 13.6 Å². The molecule has 142 valence electrons. The molecule has 28 heavy (non-hydrogen) atoms.